The molecule has 1 N–H and O–H groups in total. The Morgan fingerprint density at radius 2 is 2.14 bits per heavy atom. The van der Waals surface area contributed by atoms with Crippen LogP contribution in [-0.4, -0.2) is 59.4 Å². The van der Waals surface area contributed by atoms with Gasteiger partial charge >= 0.3 is 5.97 Å². The Labute approximate surface area is 123 Å². The van der Waals surface area contributed by atoms with Crippen molar-refractivity contribution in [2.45, 2.75) is 30.4 Å². The number of rotatable bonds is 6. The molecule has 0 atom stereocenters. The minimum absolute atomic E-state index is 0.0342. The van der Waals surface area contributed by atoms with Crippen molar-refractivity contribution in [3.8, 4) is 0 Å². The number of ether oxygens (including phenoxy) is 1. The lowest BCUT2D eigenvalue weighted by molar-refractivity contribution is -0.138. The number of aliphatic carboxylic acids is 1. The maximum Gasteiger partial charge on any atom is 0.305 e. The molecule has 0 unspecified atom stereocenters. The molecule has 0 spiro atoms. The number of hydrogen-bond donors (Lipinski definition) is 1. The predicted octanol–water partition coefficient (Wildman–Crippen LogP) is 0.0645. The van der Waals surface area contributed by atoms with Crippen LogP contribution in [-0.2, 0) is 26.6 Å². The van der Waals surface area contributed by atoms with Gasteiger partial charge in [-0.2, -0.15) is 9.40 Å². The van der Waals surface area contributed by atoms with Crippen LogP contribution in [0.2, 0.25) is 0 Å². The number of sulfonamides is 1. The summed E-state index contributed by atoms with van der Waals surface area (Å²) in [6.07, 6.45) is 2.47. The number of hydrogen-bond acceptors (Lipinski definition) is 5. The summed E-state index contributed by atoms with van der Waals surface area (Å²) in [4.78, 5) is 10.4. The molecule has 1 fully saturated rings. The highest BCUT2D eigenvalue weighted by Crippen LogP contribution is 2.21. The maximum atomic E-state index is 12.4. The zero-order chi connectivity index (χ0) is 15.5. The Morgan fingerprint density at radius 1 is 1.48 bits per heavy atom. The highest BCUT2D eigenvalue weighted by Gasteiger charge is 2.31. The summed E-state index contributed by atoms with van der Waals surface area (Å²) in [6.45, 7) is 0.894. The zero-order valence-electron chi connectivity index (χ0n) is 11.8. The molecule has 2 heterocycles. The molecule has 0 aromatic carbocycles. The molecule has 1 aliphatic rings. The van der Waals surface area contributed by atoms with Gasteiger partial charge in [0, 0.05) is 20.1 Å². The molecular formula is C12H19N3O5S. The Bertz CT molecular complexity index is 590. The van der Waals surface area contributed by atoms with E-state index in [0.717, 1.165) is 0 Å². The molecule has 0 radical (unpaired) electrons. The third-order valence-electron chi connectivity index (χ3n) is 3.45. The fraction of sp³-hybridized carbons (Fsp3) is 0.667. The summed E-state index contributed by atoms with van der Waals surface area (Å²) >= 11 is 0. The van der Waals surface area contributed by atoms with Crippen LogP contribution in [0.3, 0.4) is 0 Å². The summed E-state index contributed by atoms with van der Waals surface area (Å²) in [5.41, 5.74) is 0. The number of carbonyl (C=O) groups is 1. The lowest BCUT2D eigenvalue weighted by atomic mass is 10.1. The molecule has 21 heavy (non-hydrogen) atoms. The van der Waals surface area contributed by atoms with Crippen LogP contribution < -0.4 is 0 Å². The smallest absolute Gasteiger partial charge is 0.305 e. The van der Waals surface area contributed by atoms with E-state index in [-0.39, 0.29) is 24.2 Å². The van der Waals surface area contributed by atoms with Crippen LogP contribution in [0.15, 0.2) is 17.3 Å². The van der Waals surface area contributed by atoms with E-state index < -0.39 is 16.0 Å². The van der Waals surface area contributed by atoms with Crippen molar-refractivity contribution in [1.82, 2.24) is 14.1 Å². The van der Waals surface area contributed by atoms with Gasteiger partial charge in [-0.3, -0.25) is 9.48 Å². The Balaban J connectivity index is 1.89. The van der Waals surface area contributed by atoms with Crippen LogP contribution in [0.25, 0.3) is 0 Å². The SMILES string of the molecule is Cn1nccc1S(=O)(=O)N1CCC(OCCC(=O)O)CC1. The Morgan fingerprint density at radius 3 is 2.67 bits per heavy atom. The first-order valence-electron chi connectivity index (χ1n) is 6.73. The van der Waals surface area contributed by atoms with E-state index in [1.807, 2.05) is 0 Å². The second-order valence-electron chi connectivity index (χ2n) is 4.91. The molecule has 2 rings (SSSR count). The first-order chi connectivity index (χ1) is 9.91. The fourth-order valence-electron chi connectivity index (χ4n) is 2.30. The molecule has 1 aromatic rings. The second kappa shape index (κ2) is 6.54. The van der Waals surface area contributed by atoms with Crippen molar-refractivity contribution in [3.05, 3.63) is 12.3 Å². The molecule has 1 saturated heterocycles. The van der Waals surface area contributed by atoms with Crippen LogP contribution in [0.5, 0.6) is 0 Å². The van der Waals surface area contributed by atoms with Crippen molar-refractivity contribution in [2.75, 3.05) is 19.7 Å². The maximum absolute atomic E-state index is 12.4. The molecule has 118 valence electrons. The molecule has 8 nitrogen and oxygen atoms in total. The van der Waals surface area contributed by atoms with Crippen LogP contribution in [0, 0.1) is 0 Å². The number of carboxylic acids is 1. The van der Waals surface area contributed by atoms with Gasteiger partial charge in [0.1, 0.15) is 0 Å². The predicted molar refractivity (Wildman–Crippen MR) is 73.2 cm³/mol. The lowest BCUT2D eigenvalue weighted by Gasteiger charge is -2.30. The normalized spacial score (nSPS) is 18.0. The highest BCUT2D eigenvalue weighted by atomic mass is 32.2. The van der Waals surface area contributed by atoms with Gasteiger partial charge in [0.25, 0.3) is 10.0 Å². The van der Waals surface area contributed by atoms with Gasteiger partial charge in [-0.25, -0.2) is 8.42 Å². The van der Waals surface area contributed by atoms with E-state index in [9.17, 15) is 13.2 Å². The lowest BCUT2D eigenvalue weighted by Crippen LogP contribution is -2.41. The molecule has 0 saturated carbocycles. The molecule has 0 bridgehead atoms. The van der Waals surface area contributed by atoms with Gasteiger partial charge in [0.2, 0.25) is 0 Å². The number of carboxylic acid groups (broad SMARTS) is 1. The Hall–Kier alpha value is -1.45. The van der Waals surface area contributed by atoms with E-state index in [2.05, 4.69) is 5.10 Å². The molecule has 9 heteroatoms. The molecule has 0 amide bonds. The van der Waals surface area contributed by atoms with Crippen LogP contribution in [0.4, 0.5) is 0 Å². The average molecular weight is 317 g/mol. The van der Waals surface area contributed by atoms with Crippen molar-refractivity contribution in [1.29, 1.82) is 0 Å². The quantitative estimate of drug-likeness (QED) is 0.796. The monoisotopic (exact) mass is 317 g/mol. The van der Waals surface area contributed by atoms with Gasteiger partial charge in [-0.05, 0) is 18.9 Å². The zero-order valence-corrected chi connectivity index (χ0v) is 12.6. The summed E-state index contributed by atoms with van der Waals surface area (Å²) in [7, 11) is -1.93. The van der Waals surface area contributed by atoms with Gasteiger partial charge in [0.05, 0.1) is 25.3 Å². The highest BCUT2D eigenvalue weighted by molar-refractivity contribution is 7.89. The van der Waals surface area contributed by atoms with Gasteiger partial charge in [-0.15, -0.1) is 0 Å². The number of aryl methyl sites for hydroxylation is 1. The molecule has 1 aliphatic heterocycles. The van der Waals surface area contributed by atoms with Crippen LogP contribution >= 0.6 is 0 Å². The van der Waals surface area contributed by atoms with Gasteiger partial charge in [0.15, 0.2) is 5.03 Å². The first kappa shape index (κ1) is 15.9. The molecule has 1 aromatic heterocycles. The summed E-state index contributed by atoms with van der Waals surface area (Å²) in [5, 5.41) is 12.6. The second-order valence-corrected chi connectivity index (χ2v) is 6.80. The van der Waals surface area contributed by atoms with Crippen LogP contribution in [0.1, 0.15) is 19.3 Å². The number of aromatic nitrogens is 2. The van der Waals surface area contributed by atoms with Crippen molar-refractivity contribution < 1.29 is 23.1 Å². The number of nitrogens with zero attached hydrogens (tertiary/aromatic N) is 3. The van der Waals surface area contributed by atoms with E-state index in [0.29, 0.717) is 25.9 Å². The van der Waals surface area contributed by atoms with Crippen molar-refractivity contribution in [3.63, 3.8) is 0 Å². The van der Waals surface area contributed by atoms with E-state index in [1.54, 1.807) is 7.05 Å². The summed E-state index contributed by atoms with van der Waals surface area (Å²) in [6, 6.07) is 1.48. The topological polar surface area (TPSA) is 102 Å². The largest absolute Gasteiger partial charge is 0.481 e. The van der Waals surface area contributed by atoms with Gasteiger partial charge < -0.3 is 9.84 Å². The minimum Gasteiger partial charge on any atom is -0.481 e. The van der Waals surface area contributed by atoms with Crippen molar-refractivity contribution in [2.24, 2.45) is 7.05 Å². The summed E-state index contributed by atoms with van der Waals surface area (Å²) in [5.74, 6) is -0.897. The Kier molecular flexibility index (Phi) is 4.96. The molecule has 0 aliphatic carbocycles. The van der Waals surface area contributed by atoms with Gasteiger partial charge in [-0.1, -0.05) is 0 Å². The average Bonchev–Trinajstić information content (AvgIpc) is 2.86. The third kappa shape index (κ3) is 3.80. The first-order valence-corrected chi connectivity index (χ1v) is 8.17. The van der Waals surface area contributed by atoms with E-state index in [1.165, 1.54) is 21.3 Å². The standard InChI is InChI=1S/C12H19N3O5S/c1-14-11(2-6-13-14)21(18,19)15-7-3-10(4-8-15)20-9-5-12(16)17/h2,6,10H,3-5,7-9H2,1H3,(H,16,17). The van der Waals surface area contributed by atoms with E-state index >= 15 is 0 Å². The minimum atomic E-state index is -3.52. The summed E-state index contributed by atoms with van der Waals surface area (Å²) < 4.78 is 33.1. The van der Waals surface area contributed by atoms with Crippen molar-refractivity contribution >= 4 is 16.0 Å². The molecular weight excluding hydrogens is 298 g/mol. The third-order valence-corrected chi connectivity index (χ3v) is 5.42. The number of piperidine rings is 1. The fourth-order valence-corrected chi connectivity index (χ4v) is 3.87. The van der Waals surface area contributed by atoms with E-state index in [4.69, 9.17) is 9.84 Å².